The zero-order valence-corrected chi connectivity index (χ0v) is 18.6. The summed E-state index contributed by atoms with van der Waals surface area (Å²) in [4.78, 5) is 1.71. The van der Waals surface area contributed by atoms with Gasteiger partial charge in [-0.1, -0.05) is 30.3 Å². The molecular weight excluding hydrogens is 445 g/mol. The molecule has 2 aromatic rings. The monoisotopic (exact) mass is 472 g/mol. The van der Waals surface area contributed by atoms with Gasteiger partial charge in [-0.15, -0.1) is 0 Å². The van der Waals surface area contributed by atoms with E-state index in [1.54, 1.807) is 18.2 Å². The van der Waals surface area contributed by atoms with Crippen molar-refractivity contribution in [1.29, 1.82) is 0 Å². The summed E-state index contributed by atoms with van der Waals surface area (Å²) in [7, 11) is -2.56. The molecule has 3 rings (SSSR count). The zero-order valence-electron chi connectivity index (χ0n) is 17.8. The highest BCUT2D eigenvalue weighted by molar-refractivity contribution is 7.89. The van der Waals surface area contributed by atoms with Gasteiger partial charge in [0.2, 0.25) is 10.0 Å². The van der Waals surface area contributed by atoms with E-state index in [-0.39, 0.29) is 29.8 Å². The topological polar surface area (TPSA) is 59.1 Å². The van der Waals surface area contributed by atoms with Crippen molar-refractivity contribution in [2.75, 3.05) is 33.4 Å². The average molecular weight is 473 g/mol. The Kier molecular flexibility index (Phi) is 8.52. The van der Waals surface area contributed by atoms with Gasteiger partial charge in [0.1, 0.15) is 16.5 Å². The molecule has 1 saturated heterocycles. The Balaban J connectivity index is 1.71. The van der Waals surface area contributed by atoms with Gasteiger partial charge >= 0.3 is 6.61 Å². The third-order valence-corrected chi connectivity index (χ3v) is 7.47. The van der Waals surface area contributed by atoms with Crippen molar-refractivity contribution in [3.05, 3.63) is 59.9 Å². The van der Waals surface area contributed by atoms with Crippen LogP contribution >= 0.6 is 0 Å². The molecule has 1 heterocycles. The van der Waals surface area contributed by atoms with Crippen molar-refractivity contribution < 1.29 is 31.1 Å². The van der Waals surface area contributed by atoms with E-state index < -0.39 is 22.5 Å². The number of para-hydroxylation sites is 1. The number of nitrogens with zero attached hydrogens (tertiary/aromatic N) is 2. The van der Waals surface area contributed by atoms with Crippen LogP contribution in [0, 0.1) is 5.82 Å². The second kappa shape index (κ2) is 11.1. The van der Waals surface area contributed by atoms with Gasteiger partial charge in [-0.05, 0) is 31.0 Å². The predicted molar refractivity (Wildman–Crippen MR) is 114 cm³/mol. The highest BCUT2D eigenvalue weighted by Gasteiger charge is 2.35. The van der Waals surface area contributed by atoms with E-state index in [2.05, 4.69) is 9.64 Å². The minimum absolute atomic E-state index is 0.114. The summed E-state index contributed by atoms with van der Waals surface area (Å²) in [6, 6.07) is 11.6. The highest BCUT2D eigenvalue weighted by atomic mass is 32.2. The van der Waals surface area contributed by atoms with Gasteiger partial charge in [-0.3, -0.25) is 4.90 Å². The van der Waals surface area contributed by atoms with Crippen LogP contribution in [0.4, 0.5) is 13.2 Å². The summed E-state index contributed by atoms with van der Waals surface area (Å²) in [5.41, 5.74) is 0.640. The summed E-state index contributed by atoms with van der Waals surface area (Å²) in [5, 5.41) is 0. The molecule has 0 bridgehead atoms. The Morgan fingerprint density at radius 1 is 1.09 bits per heavy atom. The van der Waals surface area contributed by atoms with Crippen molar-refractivity contribution in [2.24, 2.45) is 0 Å². The summed E-state index contributed by atoms with van der Waals surface area (Å²) in [6.45, 7) is -1.07. The lowest BCUT2D eigenvalue weighted by Gasteiger charge is -2.38. The molecule has 1 aliphatic rings. The second-order valence-electron chi connectivity index (χ2n) is 7.53. The zero-order chi connectivity index (χ0) is 23.1. The number of ether oxygens (including phenoxy) is 2. The third-order valence-electron chi connectivity index (χ3n) is 5.49. The van der Waals surface area contributed by atoms with Gasteiger partial charge in [0, 0.05) is 44.9 Å². The van der Waals surface area contributed by atoms with Crippen LogP contribution in [0.3, 0.4) is 0 Å². The van der Waals surface area contributed by atoms with Crippen molar-refractivity contribution in [3.63, 3.8) is 0 Å². The maximum atomic E-state index is 14.3. The molecule has 10 heteroatoms. The third kappa shape index (κ3) is 6.00. The number of hydrogen-bond acceptors (Lipinski definition) is 5. The number of methoxy groups -OCH3 is 1. The van der Waals surface area contributed by atoms with E-state index in [1.165, 1.54) is 35.7 Å². The quantitative estimate of drug-likeness (QED) is 0.528. The number of hydrogen-bond donors (Lipinski definition) is 0. The molecule has 0 spiro atoms. The van der Waals surface area contributed by atoms with Crippen LogP contribution in [0.25, 0.3) is 0 Å². The molecule has 1 aliphatic heterocycles. The standard InChI is InChI=1S/C22H27F3N2O4S/c1-30-15-14-27(32(28,29)21-9-5-3-7-19(21)23)18-10-12-26(13-11-18)16-17-6-2-4-8-20(17)31-22(24)25/h2-9,18,22H,10-16H2,1H3. The fourth-order valence-corrected chi connectivity index (χ4v) is 5.65. The number of benzene rings is 2. The first-order chi connectivity index (χ1) is 15.3. The first-order valence-electron chi connectivity index (χ1n) is 10.3. The number of sulfonamides is 1. The van der Waals surface area contributed by atoms with E-state index >= 15 is 0 Å². The highest BCUT2D eigenvalue weighted by Crippen LogP contribution is 2.28. The molecule has 1 fully saturated rings. The Morgan fingerprint density at radius 2 is 1.75 bits per heavy atom. The Morgan fingerprint density at radius 3 is 2.41 bits per heavy atom. The summed E-state index contributed by atoms with van der Waals surface area (Å²) >= 11 is 0. The van der Waals surface area contributed by atoms with Crippen LogP contribution < -0.4 is 4.74 Å². The fourth-order valence-electron chi connectivity index (χ4n) is 3.91. The molecule has 2 aromatic carbocycles. The van der Waals surface area contributed by atoms with Crippen LogP contribution in [0.1, 0.15) is 18.4 Å². The van der Waals surface area contributed by atoms with Crippen LogP contribution in [0.2, 0.25) is 0 Å². The molecule has 0 N–H and O–H groups in total. The number of likely N-dealkylation sites (tertiary alicyclic amines) is 1. The first-order valence-corrected chi connectivity index (χ1v) is 11.8. The minimum atomic E-state index is -4.04. The van der Waals surface area contributed by atoms with E-state index in [9.17, 15) is 21.6 Å². The van der Waals surface area contributed by atoms with Gasteiger partial charge in [-0.25, -0.2) is 12.8 Å². The number of halogens is 3. The molecule has 0 atom stereocenters. The Bertz CT molecular complexity index is 983. The van der Waals surface area contributed by atoms with Crippen LogP contribution in [-0.2, 0) is 21.3 Å². The summed E-state index contributed by atoms with van der Waals surface area (Å²) in [6.07, 6.45) is 1.05. The fraction of sp³-hybridized carbons (Fsp3) is 0.455. The molecule has 6 nitrogen and oxygen atoms in total. The number of rotatable bonds is 10. The van der Waals surface area contributed by atoms with E-state index in [0.717, 1.165) is 6.07 Å². The number of piperidine rings is 1. The Hall–Kier alpha value is -2.14. The van der Waals surface area contributed by atoms with Crippen LogP contribution in [-0.4, -0.2) is 63.6 Å². The van der Waals surface area contributed by atoms with Gasteiger partial charge in [0.15, 0.2) is 0 Å². The van der Waals surface area contributed by atoms with E-state index in [4.69, 9.17) is 4.74 Å². The predicted octanol–water partition coefficient (Wildman–Crippen LogP) is 3.73. The molecule has 0 unspecified atom stereocenters. The molecule has 0 aliphatic carbocycles. The molecule has 0 saturated carbocycles. The lowest BCUT2D eigenvalue weighted by atomic mass is 10.0. The summed E-state index contributed by atoms with van der Waals surface area (Å²) in [5.74, 6) is -0.656. The first kappa shape index (κ1) is 24.5. The van der Waals surface area contributed by atoms with Crippen molar-refractivity contribution in [2.45, 2.75) is 36.9 Å². The largest absolute Gasteiger partial charge is 0.434 e. The van der Waals surface area contributed by atoms with Gasteiger partial charge in [-0.2, -0.15) is 13.1 Å². The molecular formula is C22H27F3N2O4S. The van der Waals surface area contributed by atoms with Gasteiger partial charge < -0.3 is 9.47 Å². The molecule has 176 valence electrons. The maximum Gasteiger partial charge on any atom is 0.387 e. The van der Waals surface area contributed by atoms with Crippen molar-refractivity contribution in [1.82, 2.24) is 9.21 Å². The van der Waals surface area contributed by atoms with Gasteiger partial charge in [0.05, 0.1) is 6.61 Å². The second-order valence-corrected chi connectivity index (χ2v) is 9.39. The lowest BCUT2D eigenvalue weighted by molar-refractivity contribution is -0.0508. The van der Waals surface area contributed by atoms with Gasteiger partial charge in [0.25, 0.3) is 0 Å². The van der Waals surface area contributed by atoms with E-state index in [0.29, 0.717) is 38.0 Å². The summed E-state index contributed by atoms with van der Waals surface area (Å²) < 4.78 is 77.0. The normalized spacial score (nSPS) is 16.1. The molecule has 0 radical (unpaired) electrons. The molecule has 32 heavy (non-hydrogen) atoms. The SMILES string of the molecule is COCCN(C1CCN(Cc2ccccc2OC(F)F)CC1)S(=O)(=O)c1ccccc1F. The smallest absolute Gasteiger partial charge is 0.387 e. The van der Waals surface area contributed by atoms with Crippen LogP contribution in [0.15, 0.2) is 53.4 Å². The average Bonchev–Trinajstić information content (AvgIpc) is 2.76. The number of alkyl halides is 2. The van der Waals surface area contributed by atoms with E-state index in [1.807, 2.05) is 0 Å². The minimum Gasteiger partial charge on any atom is -0.434 e. The molecule has 0 amide bonds. The lowest BCUT2D eigenvalue weighted by Crippen LogP contribution is -2.48. The van der Waals surface area contributed by atoms with Crippen molar-refractivity contribution in [3.8, 4) is 5.75 Å². The van der Waals surface area contributed by atoms with Crippen LogP contribution in [0.5, 0.6) is 5.75 Å². The molecule has 0 aromatic heterocycles. The van der Waals surface area contributed by atoms with Crippen molar-refractivity contribution >= 4 is 10.0 Å². The Labute approximate surface area is 186 Å². The maximum absolute atomic E-state index is 14.3.